The number of hydrogen-bond acceptors (Lipinski definition) is 6. The van der Waals surface area contributed by atoms with Crippen LogP contribution >= 0.6 is 0 Å². The summed E-state index contributed by atoms with van der Waals surface area (Å²) >= 11 is 0. The third-order valence-corrected chi connectivity index (χ3v) is 9.35. The van der Waals surface area contributed by atoms with Crippen LogP contribution in [0.3, 0.4) is 0 Å². The van der Waals surface area contributed by atoms with Gasteiger partial charge in [0.1, 0.15) is 13.2 Å². The molecule has 0 rings (SSSR count). The van der Waals surface area contributed by atoms with Crippen LogP contribution in [-0.4, -0.2) is 37.2 Å². The molecule has 0 heterocycles. The summed E-state index contributed by atoms with van der Waals surface area (Å²) in [4.78, 5) is 37.7. The van der Waals surface area contributed by atoms with Gasteiger partial charge >= 0.3 is 17.9 Å². The van der Waals surface area contributed by atoms with Gasteiger partial charge in [-0.05, 0) is 96.3 Å². The molecule has 0 radical (unpaired) electrons. The lowest BCUT2D eigenvalue weighted by atomic mass is 10.1. The van der Waals surface area contributed by atoms with Crippen molar-refractivity contribution < 1.29 is 28.6 Å². The predicted octanol–water partition coefficient (Wildman–Crippen LogP) is 14.9. The van der Waals surface area contributed by atoms with Crippen molar-refractivity contribution in [1.82, 2.24) is 0 Å². The van der Waals surface area contributed by atoms with Gasteiger partial charge in [-0.2, -0.15) is 0 Å². The highest BCUT2D eigenvalue weighted by Crippen LogP contribution is 2.12. The zero-order valence-corrected chi connectivity index (χ0v) is 36.8. The van der Waals surface area contributed by atoms with E-state index in [1.165, 1.54) is 51.4 Å². The highest BCUT2D eigenvalue weighted by molar-refractivity contribution is 5.71. The van der Waals surface area contributed by atoms with Crippen molar-refractivity contribution >= 4 is 17.9 Å². The molecule has 0 spiro atoms. The average Bonchev–Trinajstić information content (AvgIpc) is 3.21. The van der Waals surface area contributed by atoms with Crippen molar-refractivity contribution in [2.45, 2.75) is 207 Å². The standard InChI is InChI=1S/C51H84O6/c1-4-7-10-13-16-19-22-23-24-25-26-27-30-32-35-38-41-44-50(53)56-47-48(57-51(54)45-42-39-36-33-29-21-18-15-12-9-6-3)46-55-49(52)43-40-37-34-31-28-20-17-14-11-8-5-2/h7,10,14-19,23-24,26-27,32,35,48H,4-6,8-9,11-13,20-22,25,28-31,33-34,36-47H2,1-3H3/b10-7-,17-14-,18-15-,19-16-,24-23-,27-26-,35-32-/t48-/m0/s1. The lowest BCUT2D eigenvalue weighted by molar-refractivity contribution is -0.167. The monoisotopic (exact) mass is 793 g/mol. The first-order valence-corrected chi connectivity index (χ1v) is 23.1. The van der Waals surface area contributed by atoms with Crippen LogP contribution in [0.25, 0.3) is 0 Å². The van der Waals surface area contributed by atoms with Crippen LogP contribution < -0.4 is 0 Å². The van der Waals surface area contributed by atoms with Crippen LogP contribution in [0.1, 0.15) is 201 Å². The molecule has 0 aliphatic heterocycles. The first-order chi connectivity index (χ1) is 28.0. The summed E-state index contributed by atoms with van der Waals surface area (Å²) in [5.41, 5.74) is 0. The fourth-order valence-electron chi connectivity index (χ4n) is 5.85. The van der Waals surface area contributed by atoms with Gasteiger partial charge in [0.2, 0.25) is 0 Å². The average molecular weight is 793 g/mol. The second-order valence-electron chi connectivity index (χ2n) is 14.9. The Morgan fingerprint density at radius 2 is 0.702 bits per heavy atom. The van der Waals surface area contributed by atoms with Gasteiger partial charge in [0.15, 0.2) is 6.10 Å². The Labute approximate surface area is 350 Å². The third-order valence-electron chi connectivity index (χ3n) is 9.35. The smallest absolute Gasteiger partial charge is 0.306 e. The zero-order chi connectivity index (χ0) is 41.5. The summed E-state index contributed by atoms with van der Waals surface area (Å²) < 4.78 is 16.6. The van der Waals surface area contributed by atoms with Crippen molar-refractivity contribution in [2.24, 2.45) is 0 Å². The van der Waals surface area contributed by atoms with Crippen LogP contribution in [-0.2, 0) is 28.6 Å². The van der Waals surface area contributed by atoms with Gasteiger partial charge in [-0.1, -0.05) is 170 Å². The van der Waals surface area contributed by atoms with E-state index < -0.39 is 6.10 Å². The molecule has 0 aromatic heterocycles. The van der Waals surface area contributed by atoms with Crippen molar-refractivity contribution in [3.8, 4) is 0 Å². The van der Waals surface area contributed by atoms with Crippen molar-refractivity contribution in [2.75, 3.05) is 13.2 Å². The minimum Gasteiger partial charge on any atom is -0.462 e. The first kappa shape index (κ1) is 53.6. The lowest BCUT2D eigenvalue weighted by Crippen LogP contribution is -2.30. The Balaban J connectivity index is 4.49. The van der Waals surface area contributed by atoms with Gasteiger partial charge in [-0.3, -0.25) is 14.4 Å². The molecule has 6 nitrogen and oxygen atoms in total. The molecule has 6 heteroatoms. The van der Waals surface area contributed by atoms with E-state index in [-0.39, 0.29) is 37.5 Å². The minimum atomic E-state index is -0.804. The van der Waals surface area contributed by atoms with Crippen LogP contribution in [0, 0.1) is 0 Å². The largest absolute Gasteiger partial charge is 0.462 e. The molecule has 1 atom stereocenters. The van der Waals surface area contributed by atoms with Gasteiger partial charge < -0.3 is 14.2 Å². The number of allylic oxidation sites excluding steroid dienone is 14. The van der Waals surface area contributed by atoms with Gasteiger partial charge in [0.25, 0.3) is 0 Å². The van der Waals surface area contributed by atoms with Crippen molar-refractivity contribution in [1.29, 1.82) is 0 Å². The Hall–Kier alpha value is -3.41. The fourth-order valence-corrected chi connectivity index (χ4v) is 5.85. The second kappa shape index (κ2) is 45.3. The maximum Gasteiger partial charge on any atom is 0.306 e. The third kappa shape index (κ3) is 43.6. The van der Waals surface area contributed by atoms with E-state index in [1.54, 1.807) is 0 Å². The van der Waals surface area contributed by atoms with E-state index in [0.29, 0.717) is 19.3 Å². The maximum absolute atomic E-state index is 12.7. The number of rotatable bonds is 40. The summed E-state index contributed by atoms with van der Waals surface area (Å²) in [6.07, 6.45) is 57.1. The van der Waals surface area contributed by atoms with Crippen molar-refractivity contribution in [3.63, 3.8) is 0 Å². The molecule has 57 heavy (non-hydrogen) atoms. The number of ether oxygens (including phenoxy) is 3. The molecule has 0 amide bonds. The fraction of sp³-hybridized carbons (Fsp3) is 0.667. The zero-order valence-electron chi connectivity index (χ0n) is 36.8. The maximum atomic E-state index is 12.7. The van der Waals surface area contributed by atoms with Gasteiger partial charge in [0, 0.05) is 19.3 Å². The SMILES string of the molecule is CC/C=C\C/C=C\C/C=C\C/C=C\C/C=C\CCCC(=O)OC[C@H](COC(=O)CCCCCCC/C=C\CCCC)OC(=O)CCCCCCC/C=C\CCCC. The van der Waals surface area contributed by atoms with Crippen LogP contribution in [0.5, 0.6) is 0 Å². The first-order valence-electron chi connectivity index (χ1n) is 23.1. The topological polar surface area (TPSA) is 78.9 Å². The van der Waals surface area contributed by atoms with E-state index in [2.05, 4.69) is 106 Å². The second-order valence-corrected chi connectivity index (χ2v) is 14.9. The molecule has 0 bridgehead atoms. The highest BCUT2D eigenvalue weighted by atomic mass is 16.6. The van der Waals surface area contributed by atoms with Crippen LogP contribution in [0.15, 0.2) is 85.1 Å². The van der Waals surface area contributed by atoms with Gasteiger partial charge in [0.05, 0.1) is 0 Å². The Morgan fingerprint density at radius 3 is 1.16 bits per heavy atom. The Morgan fingerprint density at radius 1 is 0.368 bits per heavy atom. The van der Waals surface area contributed by atoms with Crippen LogP contribution in [0.4, 0.5) is 0 Å². The molecule has 0 aliphatic carbocycles. The molecule has 0 aromatic carbocycles. The van der Waals surface area contributed by atoms with Gasteiger partial charge in [-0.25, -0.2) is 0 Å². The summed E-state index contributed by atoms with van der Waals surface area (Å²) in [5, 5.41) is 0. The molecule has 0 N–H and O–H groups in total. The molecule has 0 saturated heterocycles. The van der Waals surface area contributed by atoms with Gasteiger partial charge in [-0.15, -0.1) is 0 Å². The number of carbonyl (C=O) groups excluding carboxylic acids is 3. The molecule has 0 fully saturated rings. The lowest BCUT2D eigenvalue weighted by Gasteiger charge is -2.18. The summed E-state index contributed by atoms with van der Waals surface area (Å²) in [6, 6.07) is 0. The quantitative estimate of drug-likeness (QED) is 0.0266. The number of hydrogen-bond donors (Lipinski definition) is 0. The minimum absolute atomic E-state index is 0.103. The number of unbranched alkanes of at least 4 members (excludes halogenated alkanes) is 15. The summed E-state index contributed by atoms with van der Waals surface area (Å²) in [5.74, 6) is -0.991. The molecular formula is C51H84O6. The van der Waals surface area contributed by atoms with E-state index in [0.717, 1.165) is 103 Å². The molecule has 0 saturated carbocycles. The van der Waals surface area contributed by atoms with E-state index in [4.69, 9.17) is 14.2 Å². The van der Waals surface area contributed by atoms with Crippen LogP contribution in [0.2, 0.25) is 0 Å². The van der Waals surface area contributed by atoms with E-state index in [9.17, 15) is 14.4 Å². The molecule has 0 unspecified atom stereocenters. The predicted molar refractivity (Wildman–Crippen MR) is 242 cm³/mol. The molecular weight excluding hydrogens is 709 g/mol. The van der Waals surface area contributed by atoms with E-state index in [1.807, 2.05) is 0 Å². The summed E-state index contributed by atoms with van der Waals surface area (Å²) in [6.45, 7) is 6.36. The Bertz CT molecular complexity index is 1140. The molecule has 0 aliphatic rings. The number of esters is 3. The highest BCUT2D eigenvalue weighted by Gasteiger charge is 2.19. The van der Waals surface area contributed by atoms with E-state index >= 15 is 0 Å². The Kier molecular flexibility index (Phi) is 42.6. The molecule has 324 valence electrons. The normalized spacial score (nSPS) is 12.8. The number of carbonyl (C=O) groups is 3. The molecule has 0 aromatic rings. The van der Waals surface area contributed by atoms with Crippen molar-refractivity contribution in [3.05, 3.63) is 85.1 Å². The summed E-state index contributed by atoms with van der Waals surface area (Å²) in [7, 11) is 0.